The number of ether oxygens (including phenoxy) is 1. The van der Waals surface area contributed by atoms with Gasteiger partial charge in [0.2, 0.25) is 5.91 Å². The average molecular weight is 300 g/mol. The van der Waals surface area contributed by atoms with E-state index in [1.807, 2.05) is 6.92 Å². The van der Waals surface area contributed by atoms with E-state index in [4.69, 9.17) is 10.5 Å². The van der Waals surface area contributed by atoms with Gasteiger partial charge in [-0.3, -0.25) is 9.59 Å². The van der Waals surface area contributed by atoms with Gasteiger partial charge in [-0.2, -0.15) is 0 Å². The molecule has 0 saturated heterocycles. The molecule has 1 fully saturated rings. The molecule has 1 saturated carbocycles. The van der Waals surface area contributed by atoms with Crippen molar-refractivity contribution in [2.45, 2.75) is 58.2 Å². The maximum atomic E-state index is 11.7. The Bertz CT molecular complexity index is 375. The summed E-state index contributed by atoms with van der Waals surface area (Å²) >= 11 is 0. The van der Waals surface area contributed by atoms with Gasteiger partial charge in [-0.05, 0) is 25.7 Å². The largest absolute Gasteiger partial charge is 0.469 e. The van der Waals surface area contributed by atoms with Crippen LogP contribution in [0.15, 0.2) is 0 Å². The minimum atomic E-state index is -0.819. The monoisotopic (exact) mass is 300 g/mol. The van der Waals surface area contributed by atoms with Crippen LogP contribution >= 0.6 is 0 Å². The van der Waals surface area contributed by atoms with Crippen LogP contribution in [0.5, 0.6) is 0 Å². The summed E-state index contributed by atoms with van der Waals surface area (Å²) in [5.74, 6) is -1.26. The number of nitrogens with one attached hydrogen (secondary N) is 1. The van der Waals surface area contributed by atoms with Crippen molar-refractivity contribution in [1.29, 1.82) is 0 Å². The molecule has 122 valence electrons. The van der Waals surface area contributed by atoms with E-state index in [1.54, 1.807) is 0 Å². The molecular weight excluding hydrogens is 272 g/mol. The minimum Gasteiger partial charge on any atom is -0.469 e. The van der Waals surface area contributed by atoms with E-state index < -0.39 is 18.0 Å². The van der Waals surface area contributed by atoms with Gasteiger partial charge in [0, 0.05) is 24.9 Å². The molecule has 0 radical (unpaired) electrons. The summed E-state index contributed by atoms with van der Waals surface area (Å²) in [7, 11) is 1.32. The van der Waals surface area contributed by atoms with Gasteiger partial charge in [0.15, 0.2) is 0 Å². The Morgan fingerprint density at radius 2 is 2.10 bits per heavy atom. The summed E-state index contributed by atoms with van der Waals surface area (Å²) in [6.45, 7) is 5.45. The maximum absolute atomic E-state index is 11.7. The summed E-state index contributed by atoms with van der Waals surface area (Å²) < 4.78 is 4.74. The first-order chi connectivity index (χ1) is 9.83. The Morgan fingerprint density at radius 1 is 1.48 bits per heavy atom. The topological polar surface area (TPSA) is 102 Å². The Kier molecular flexibility index (Phi) is 6.61. The quantitative estimate of drug-likeness (QED) is 0.617. The molecule has 5 unspecified atom stereocenters. The number of aliphatic hydroxyl groups is 1. The zero-order valence-corrected chi connectivity index (χ0v) is 13.3. The summed E-state index contributed by atoms with van der Waals surface area (Å²) in [6.07, 6.45) is 1.36. The van der Waals surface area contributed by atoms with Crippen molar-refractivity contribution < 1.29 is 19.4 Å². The lowest BCUT2D eigenvalue weighted by atomic mass is 9.78. The number of hydrogen-bond donors (Lipinski definition) is 3. The fourth-order valence-electron chi connectivity index (χ4n) is 3.61. The van der Waals surface area contributed by atoms with E-state index in [0.717, 1.165) is 12.8 Å². The minimum absolute atomic E-state index is 0.0403. The van der Waals surface area contributed by atoms with Crippen molar-refractivity contribution in [3.05, 3.63) is 0 Å². The first-order valence-electron chi connectivity index (χ1n) is 7.62. The van der Waals surface area contributed by atoms with Crippen LogP contribution < -0.4 is 11.1 Å². The lowest BCUT2D eigenvalue weighted by Gasteiger charge is -2.34. The second-order valence-electron chi connectivity index (χ2n) is 6.04. The number of esters is 1. The highest BCUT2D eigenvalue weighted by Crippen LogP contribution is 2.39. The van der Waals surface area contributed by atoms with E-state index in [1.165, 1.54) is 14.0 Å². The molecule has 4 N–H and O–H groups in total. The Hall–Kier alpha value is -1.14. The van der Waals surface area contributed by atoms with Crippen LogP contribution in [0.1, 0.15) is 40.0 Å². The van der Waals surface area contributed by atoms with Gasteiger partial charge in [0.1, 0.15) is 0 Å². The van der Waals surface area contributed by atoms with Crippen molar-refractivity contribution >= 4 is 11.9 Å². The lowest BCUT2D eigenvalue weighted by Crippen LogP contribution is -2.47. The summed E-state index contributed by atoms with van der Waals surface area (Å²) in [5, 5.41) is 13.4. The molecule has 0 aromatic carbocycles. The fourth-order valence-corrected chi connectivity index (χ4v) is 3.61. The predicted molar refractivity (Wildman–Crippen MR) is 79.3 cm³/mol. The van der Waals surface area contributed by atoms with Crippen LogP contribution in [0.3, 0.4) is 0 Å². The van der Waals surface area contributed by atoms with E-state index >= 15 is 0 Å². The van der Waals surface area contributed by atoms with E-state index in [-0.39, 0.29) is 29.8 Å². The number of nitrogens with two attached hydrogens (primary N) is 1. The number of carbonyl (C=O) groups is 2. The third-order valence-corrected chi connectivity index (χ3v) is 4.52. The molecule has 21 heavy (non-hydrogen) atoms. The van der Waals surface area contributed by atoms with E-state index in [2.05, 4.69) is 12.2 Å². The first kappa shape index (κ1) is 17.9. The highest BCUT2D eigenvalue weighted by molar-refractivity contribution is 5.74. The van der Waals surface area contributed by atoms with Crippen molar-refractivity contribution in [2.24, 2.45) is 23.5 Å². The van der Waals surface area contributed by atoms with E-state index in [9.17, 15) is 14.7 Å². The summed E-state index contributed by atoms with van der Waals surface area (Å²) in [6, 6.07) is -0.360. The molecule has 1 aliphatic carbocycles. The fraction of sp³-hybridized carbons (Fsp3) is 0.867. The van der Waals surface area contributed by atoms with E-state index in [0.29, 0.717) is 6.42 Å². The Morgan fingerprint density at radius 3 is 2.57 bits per heavy atom. The molecule has 6 atom stereocenters. The third kappa shape index (κ3) is 4.17. The number of methoxy groups -OCH3 is 1. The number of carbonyl (C=O) groups excluding carboxylic acids is 2. The molecule has 0 bridgehead atoms. The molecule has 0 heterocycles. The number of rotatable bonds is 6. The maximum Gasteiger partial charge on any atom is 0.311 e. The smallest absolute Gasteiger partial charge is 0.311 e. The van der Waals surface area contributed by atoms with Gasteiger partial charge >= 0.3 is 5.97 Å². The van der Waals surface area contributed by atoms with Crippen LogP contribution in [-0.4, -0.2) is 42.3 Å². The Labute approximate surface area is 126 Å². The average Bonchev–Trinajstić information content (AvgIpc) is 2.70. The van der Waals surface area contributed by atoms with Crippen molar-refractivity contribution in [1.82, 2.24) is 5.32 Å². The van der Waals surface area contributed by atoms with Crippen LogP contribution in [0.4, 0.5) is 0 Å². The van der Waals surface area contributed by atoms with Gasteiger partial charge in [-0.1, -0.05) is 13.3 Å². The Balaban J connectivity index is 2.91. The normalized spacial score (nSPS) is 31.5. The molecule has 0 aliphatic heterocycles. The molecule has 1 amide bonds. The van der Waals surface area contributed by atoms with Gasteiger partial charge in [0.05, 0.1) is 19.1 Å². The van der Waals surface area contributed by atoms with Crippen LogP contribution in [0.2, 0.25) is 0 Å². The van der Waals surface area contributed by atoms with Crippen LogP contribution in [0.25, 0.3) is 0 Å². The van der Waals surface area contributed by atoms with Crippen molar-refractivity contribution in [3.8, 4) is 0 Å². The van der Waals surface area contributed by atoms with Crippen LogP contribution in [0, 0.1) is 17.8 Å². The second-order valence-corrected chi connectivity index (χ2v) is 6.04. The van der Waals surface area contributed by atoms with Crippen molar-refractivity contribution in [2.75, 3.05) is 7.11 Å². The number of aliphatic hydroxyl groups excluding tert-OH is 1. The highest BCUT2D eigenvalue weighted by atomic mass is 16.5. The molecule has 0 aromatic heterocycles. The molecular formula is C15H28N2O4. The first-order valence-corrected chi connectivity index (χ1v) is 7.62. The zero-order valence-electron chi connectivity index (χ0n) is 13.3. The SMILES string of the molecule is CCCC(C(C)NC(C)=O)C1C(N)C[C@H](C(=O)OC)C1O. The number of hydrogen-bond acceptors (Lipinski definition) is 5. The molecule has 6 heteroatoms. The van der Waals surface area contributed by atoms with Gasteiger partial charge in [-0.15, -0.1) is 0 Å². The standard InChI is InChI=1S/C15H28N2O4/c1-5-6-10(8(2)17-9(3)18)13-12(16)7-11(14(13)19)15(20)21-4/h8,10-14,19H,5-7,16H2,1-4H3,(H,17,18)/t8?,10?,11-,12?,13?,14?/m0/s1. The molecule has 1 aliphatic rings. The molecule has 0 aromatic rings. The van der Waals surface area contributed by atoms with Gasteiger partial charge in [-0.25, -0.2) is 0 Å². The van der Waals surface area contributed by atoms with Crippen LogP contribution in [-0.2, 0) is 14.3 Å². The predicted octanol–water partition coefficient (Wildman–Crippen LogP) is 0.425. The van der Waals surface area contributed by atoms with Crippen molar-refractivity contribution in [3.63, 3.8) is 0 Å². The third-order valence-electron chi connectivity index (χ3n) is 4.52. The zero-order chi connectivity index (χ0) is 16.2. The lowest BCUT2D eigenvalue weighted by molar-refractivity contribution is -0.149. The molecule has 0 spiro atoms. The summed E-state index contributed by atoms with van der Waals surface area (Å²) in [4.78, 5) is 23.0. The van der Waals surface area contributed by atoms with Gasteiger partial charge < -0.3 is 20.9 Å². The second kappa shape index (κ2) is 7.75. The number of amides is 1. The summed E-state index contributed by atoms with van der Waals surface area (Å²) in [5.41, 5.74) is 6.17. The molecule has 1 rings (SSSR count). The molecule has 6 nitrogen and oxygen atoms in total. The van der Waals surface area contributed by atoms with Gasteiger partial charge in [0.25, 0.3) is 0 Å². The highest BCUT2D eigenvalue weighted by Gasteiger charge is 2.48.